The number of methoxy groups -OCH3 is 1. The quantitative estimate of drug-likeness (QED) is 0.739. The molecule has 0 aliphatic rings. The van der Waals surface area contributed by atoms with E-state index in [0.717, 1.165) is 0 Å². The van der Waals surface area contributed by atoms with Crippen LogP contribution in [0.5, 0.6) is 5.75 Å². The molecule has 0 saturated heterocycles. The Hall–Kier alpha value is -1.60. The second-order valence-corrected chi connectivity index (χ2v) is 4.47. The third-order valence-corrected chi connectivity index (χ3v) is 2.80. The summed E-state index contributed by atoms with van der Waals surface area (Å²) in [6.45, 7) is 0. The lowest BCUT2D eigenvalue weighted by Gasteiger charge is -2.11. The predicted octanol–water partition coefficient (Wildman–Crippen LogP) is 0.599. The highest BCUT2D eigenvalue weighted by molar-refractivity contribution is 9.10. The van der Waals surface area contributed by atoms with Crippen molar-refractivity contribution in [2.45, 2.75) is 12.5 Å². The summed E-state index contributed by atoms with van der Waals surface area (Å²) in [6.07, 6.45) is -0.191. The second-order valence-electron chi connectivity index (χ2n) is 3.62. The Bertz CT molecular complexity index is 465. The zero-order valence-corrected chi connectivity index (χ0v) is 11.4. The van der Waals surface area contributed by atoms with Crippen LogP contribution in [0.25, 0.3) is 0 Å². The smallest absolute Gasteiger partial charge is 0.241 e. The normalized spacial score (nSPS) is 11.7. The number of benzene rings is 1. The lowest BCUT2D eigenvalue weighted by atomic mass is 10.2. The van der Waals surface area contributed by atoms with Crippen molar-refractivity contribution in [2.75, 3.05) is 12.4 Å². The molecule has 18 heavy (non-hydrogen) atoms. The first-order valence-electron chi connectivity index (χ1n) is 5.12. The van der Waals surface area contributed by atoms with Gasteiger partial charge in [0.2, 0.25) is 11.8 Å². The number of halogens is 1. The van der Waals surface area contributed by atoms with Crippen LogP contribution in [-0.4, -0.2) is 25.0 Å². The molecule has 1 atom stereocenters. The maximum atomic E-state index is 11.6. The van der Waals surface area contributed by atoms with Crippen LogP contribution in [-0.2, 0) is 9.59 Å². The van der Waals surface area contributed by atoms with Crippen molar-refractivity contribution in [3.8, 4) is 5.75 Å². The van der Waals surface area contributed by atoms with E-state index in [9.17, 15) is 9.59 Å². The molecule has 0 fully saturated rings. The van der Waals surface area contributed by atoms with Gasteiger partial charge in [-0.2, -0.15) is 0 Å². The van der Waals surface area contributed by atoms with Crippen LogP contribution < -0.4 is 21.5 Å². The summed E-state index contributed by atoms with van der Waals surface area (Å²) < 4.78 is 5.76. The number of ether oxygens (including phenoxy) is 1. The molecule has 1 aromatic rings. The topological polar surface area (TPSA) is 107 Å². The van der Waals surface area contributed by atoms with Gasteiger partial charge in [-0.25, -0.2) is 0 Å². The van der Waals surface area contributed by atoms with E-state index in [1.54, 1.807) is 25.3 Å². The number of amides is 2. The fourth-order valence-electron chi connectivity index (χ4n) is 1.29. The fraction of sp³-hybridized carbons (Fsp3) is 0.273. The van der Waals surface area contributed by atoms with E-state index in [0.29, 0.717) is 15.9 Å². The lowest BCUT2D eigenvalue weighted by Crippen LogP contribution is -2.38. The summed E-state index contributed by atoms with van der Waals surface area (Å²) in [5.74, 6) is -0.436. The second kappa shape index (κ2) is 6.36. The molecule has 1 unspecified atom stereocenters. The number of carbonyl (C=O) groups is 2. The number of hydrogen-bond acceptors (Lipinski definition) is 4. The molecule has 0 heterocycles. The molecule has 0 saturated carbocycles. The van der Waals surface area contributed by atoms with Gasteiger partial charge in [-0.1, -0.05) is 0 Å². The van der Waals surface area contributed by atoms with Crippen LogP contribution in [0.15, 0.2) is 22.7 Å². The molecular weight excluding hydrogens is 302 g/mol. The van der Waals surface area contributed by atoms with Crippen LogP contribution in [0.4, 0.5) is 5.69 Å². The van der Waals surface area contributed by atoms with E-state index in [1.807, 2.05) is 0 Å². The monoisotopic (exact) mass is 315 g/mol. The Morgan fingerprint density at radius 1 is 1.50 bits per heavy atom. The van der Waals surface area contributed by atoms with Gasteiger partial charge in [0.1, 0.15) is 5.75 Å². The average Bonchev–Trinajstić information content (AvgIpc) is 2.28. The van der Waals surface area contributed by atoms with Crippen LogP contribution in [0.3, 0.4) is 0 Å². The highest BCUT2D eigenvalue weighted by atomic mass is 79.9. The van der Waals surface area contributed by atoms with Gasteiger partial charge in [0.15, 0.2) is 0 Å². The van der Waals surface area contributed by atoms with E-state index in [-0.39, 0.29) is 6.42 Å². The Balaban J connectivity index is 2.70. The SMILES string of the molecule is COc1ccc(NC(=O)C(N)CC(N)=O)cc1Br. The lowest BCUT2D eigenvalue weighted by molar-refractivity contribution is -0.123. The van der Waals surface area contributed by atoms with Crippen LogP contribution in [0.2, 0.25) is 0 Å². The van der Waals surface area contributed by atoms with Crippen molar-refractivity contribution in [3.63, 3.8) is 0 Å². The van der Waals surface area contributed by atoms with Gasteiger partial charge in [0.25, 0.3) is 0 Å². The summed E-state index contributed by atoms with van der Waals surface area (Å²) >= 11 is 3.29. The number of rotatable bonds is 5. The minimum absolute atomic E-state index is 0.191. The first-order chi connectivity index (χ1) is 8.43. The molecular formula is C11H14BrN3O3. The molecule has 0 aromatic heterocycles. The van der Waals surface area contributed by atoms with Crippen molar-refractivity contribution in [1.82, 2.24) is 0 Å². The zero-order valence-electron chi connectivity index (χ0n) is 9.77. The first-order valence-corrected chi connectivity index (χ1v) is 5.91. The van der Waals surface area contributed by atoms with Crippen LogP contribution >= 0.6 is 15.9 Å². The summed E-state index contributed by atoms with van der Waals surface area (Å²) in [6, 6.07) is 4.08. The van der Waals surface area contributed by atoms with Gasteiger partial charge in [-0.15, -0.1) is 0 Å². The number of hydrogen-bond donors (Lipinski definition) is 3. The summed E-state index contributed by atoms with van der Waals surface area (Å²) in [7, 11) is 1.54. The molecule has 1 rings (SSSR count). The molecule has 2 amide bonds. The molecule has 1 aromatic carbocycles. The van der Waals surface area contributed by atoms with Crippen molar-refractivity contribution < 1.29 is 14.3 Å². The average molecular weight is 316 g/mol. The maximum absolute atomic E-state index is 11.6. The van der Waals surface area contributed by atoms with Crippen LogP contribution in [0, 0.1) is 0 Å². The standard InChI is InChI=1S/C11H14BrN3O3/c1-18-9-3-2-6(4-7(9)12)15-11(17)8(13)5-10(14)16/h2-4,8H,5,13H2,1H3,(H2,14,16)(H,15,17). The summed E-state index contributed by atoms with van der Waals surface area (Å²) in [5.41, 5.74) is 11.0. The minimum atomic E-state index is -0.955. The molecule has 98 valence electrons. The largest absolute Gasteiger partial charge is 0.496 e. The van der Waals surface area contributed by atoms with E-state index >= 15 is 0 Å². The molecule has 0 spiro atoms. The Morgan fingerprint density at radius 3 is 2.67 bits per heavy atom. The van der Waals surface area contributed by atoms with Gasteiger partial charge < -0.3 is 21.5 Å². The predicted molar refractivity (Wildman–Crippen MR) is 71.1 cm³/mol. The van der Waals surface area contributed by atoms with Crippen molar-refractivity contribution in [3.05, 3.63) is 22.7 Å². The van der Waals surface area contributed by atoms with Crippen molar-refractivity contribution in [1.29, 1.82) is 0 Å². The fourth-order valence-corrected chi connectivity index (χ4v) is 1.83. The number of primary amides is 1. The molecule has 0 aliphatic carbocycles. The Labute approximate surface area is 113 Å². The molecule has 0 aliphatic heterocycles. The molecule has 5 N–H and O–H groups in total. The van der Waals surface area contributed by atoms with Gasteiger partial charge in [-0.3, -0.25) is 9.59 Å². The third kappa shape index (κ3) is 4.01. The van der Waals surface area contributed by atoms with Gasteiger partial charge in [0, 0.05) is 5.69 Å². The maximum Gasteiger partial charge on any atom is 0.241 e. The number of nitrogens with one attached hydrogen (secondary N) is 1. The Kier molecular flexibility index (Phi) is 5.11. The number of nitrogens with two attached hydrogens (primary N) is 2. The van der Waals surface area contributed by atoms with E-state index in [2.05, 4.69) is 21.2 Å². The van der Waals surface area contributed by atoms with Gasteiger partial charge in [0.05, 0.1) is 24.0 Å². The molecule has 0 bridgehead atoms. The molecule has 6 nitrogen and oxygen atoms in total. The van der Waals surface area contributed by atoms with Gasteiger partial charge >= 0.3 is 0 Å². The van der Waals surface area contributed by atoms with E-state index in [1.165, 1.54) is 0 Å². The highest BCUT2D eigenvalue weighted by Gasteiger charge is 2.16. The van der Waals surface area contributed by atoms with E-state index < -0.39 is 17.9 Å². The van der Waals surface area contributed by atoms with Gasteiger partial charge in [-0.05, 0) is 34.1 Å². The molecule has 7 heteroatoms. The third-order valence-electron chi connectivity index (χ3n) is 2.18. The first kappa shape index (κ1) is 14.5. The Morgan fingerprint density at radius 2 is 2.17 bits per heavy atom. The summed E-state index contributed by atoms with van der Waals surface area (Å²) in [5, 5.41) is 2.58. The summed E-state index contributed by atoms with van der Waals surface area (Å²) in [4.78, 5) is 22.3. The number of carbonyl (C=O) groups excluding carboxylic acids is 2. The number of anilines is 1. The highest BCUT2D eigenvalue weighted by Crippen LogP contribution is 2.27. The van der Waals surface area contributed by atoms with Crippen molar-refractivity contribution in [2.24, 2.45) is 11.5 Å². The minimum Gasteiger partial charge on any atom is -0.496 e. The molecule has 0 radical (unpaired) electrons. The van der Waals surface area contributed by atoms with E-state index in [4.69, 9.17) is 16.2 Å². The zero-order chi connectivity index (χ0) is 13.7. The van der Waals surface area contributed by atoms with Crippen LogP contribution in [0.1, 0.15) is 6.42 Å². The van der Waals surface area contributed by atoms with Crippen molar-refractivity contribution >= 4 is 33.4 Å².